The molecule has 1 aliphatic carbocycles. The minimum absolute atomic E-state index is 0.0294. The second kappa shape index (κ2) is 4.41. The Kier molecular flexibility index (Phi) is 3.14. The smallest absolute Gasteiger partial charge is 0.328 e. The summed E-state index contributed by atoms with van der Waals surface area (Å²) >= 11 is 0. The molecule has 16 heavy (non-hydrogen) atoms. The van der Waals surface area contributed by atoms with Gasteiger partial charge >= 0.3 is 5.97 Å². The lowest BCUT2D eigenvalue weighted by Gasteiger charge is -2.34. The summed E-state index contributed by atoms with van der Waals surface area (Å²) in [7, 11) is 0. The standard InChI is InChI=1S/C11H17NO4/c1-7(8-2-3-8)10(13)12-4-5-16-6-9(12)11(14)15/h7-9H,2-6H2,1H3,(H,14,15). The first-order valence-corrected chi connectivity index (χ1v) is 5.72. The summed E-state index contributed by atoms with van der Waals surface area (Å²) in [6.45, 7) is 2.84. The third-order valence-electron chi connectivity index (χ3n) is 3.42. The highest BCUT2D eigenvalue weighted by molar-refractivity contribution is 5.85. The molecule has 90 valence electrons. The maximum Gasteiger partial charge on any atom is 0.328 e. The molecule has 2 rings (SSSR count). The van der Waals surface area contributed by atoms with E-state index in [4.69, 9.17) is 9.84 Å². The maximum absolute atomic E-state index is 12.1. The van der Waals surface area contributed by atoms with Crippen molar-refractivity contribution < 1.29 is 19.4 Å². The van der Waals surface area contributed by atoms with Crippen molar-refractivity contribution in [3.63, 3.8) is 0 Å². The summed E-state index contributed by atoms with van der Waals surface area (Å²) in [6.07, 6.45) is 2.18. The number of amides is 1. The summed E-state index contributed by atoms with van der Waals surface area (Å²) in [5.74, 6) is -0.584. The molecule has 1 aliphatic heterocycles. The molecule has 2 atom stereocenters. The van der Waals surface area contributed by atoms with Gasteiger partial charge in [-0.15, -0.1) is 0 Å². The molecule has 1 saturated carbocycles. The number of carbonyl (C=O) groups is 2. The zero-order valence-corrected chi connectivity index (χ0v) is 9.39. The largest absolute Gasteiger partial charge is 0.480 e. The van der Waals surface area contributed by atoms with Crippen LogP contribution in [0.5, 0.6) is 0 Å². The summed E-state index contributed by atoms with van der Waals surface area (Å²) < 4.78 is 5.10. The van der Waals surface area contributed by atoms with Gasteiger partial charge in [0.1, 0.15) is 0 Å². The van der Waals surface area contributed by atoms with Gasteiger partial charge in [0.2, 0.25) is 5.91 Å². The fraction of sp³-hybridized carbons (Fsp3) is 0.818. The molecule has 0 aromatic carbocycles. The van der Waals surface area contributed by atoms with E-state index in [0.717, 1.165) is 12.8 Å². The van der Waals surface area contributed by atoms with E-state index in [0.29, 0.717) is 19.1 Å². The summed E-state index contributed by atoms with van der Waals surface area (Å²) in [6, 6.07) is -0.803. The highest BCUT2D eigenvalue weighted by Crippen LogP contribution is 2.37. The Labute approximate surface area is 94.4 Å². The van der Waals surface area contributed by atoms with E-state index in [1.807, 2.05) is 6.92 Å². The fourth-order valence-corrected chi connectivity index (χ4v) is 2.13. The highest BCUT2D eigenvalue weighted by atomic mass is 16.5. The van der Waals surface area contributed by atoms with Crippen molar-refractivity contribution in [1.82, 2.24) is 4.90 Å². The lowest BCUT2D eigenvalue weighted by Crippen LogP contribution is -2.54. The van der Waals surface area contributed by atoms with Crippen LogP contribution in [0.15, 0.2) is 0 Å². The molecule has 1 saturated heterocycles. The molecule has 1 N–H and O–H groups in total. The van der Waals surface area contributed by atoms with Crippen LogP contribution < -0.4 is 0 Å². The fourth-order valence-electron chi connectivity index (χ4n) is 2.13. The van der Waals surface area contributed by atoms with Gasteiger partial charge in [-0.1, -0.05) is 6.92 Å². The monoisotopic (exact) mass is 227 g/mol. The first-order chi connectivity index (χ1) is 7.61. The van der Waals surface area contributed by atoms with E-state index in [1.165, 1.54) is 4.90 Å². The van der Waals surface area contributed by atoms with Crippen molar-refractivity contribution in [3.8, 4) is 0 Å². The second-order valence-corrected chi connectivity index (χ2v) is 4.59. The van der Waals surface area contributed by atoms with Crippen LogP contribution in [0.1, 0.15) is 19.8 Å². The molecule has 0 aromatic heterocycles. The average molecular weight is 227 g/mol. The van der Waals surface area contributed by atoms with Gasteiger partial charge in [0.05, 0.1) is 13.2 Å². The Hall–Kier alpha value is -1.10. The van der Waals surface area contributed by atoms with Gasteiger partial charge in [-0.3, -0.25) is 4.79 Å². The van der Waals surface area contributed by atoms with Gasteiger partial charge in [-0.05, 0) is 18.8 Å². The number of hydrogen-bond acceptors (Lipinski definition) is 3. The topological polar surface area (TPSA) is 66.8 Å². The Morgan fingerprint density at radius 2 is 2.12 bits per heavy atom. The Bertz CT molecular complexity index is 300. The molecule has 2 fully saturated rings. The maximum atomic E-state index is 12.1. The third kappa shape index (κ3) is 2.19. The quantitative estimate of drug-likeness (QED) is 0.755. The van der Waals surface area contributed by atoms with Gasteiger partial charge in [0.25, 0.3) is 0 Å². The number of rotatable bonds is 3. The molecule has 5 heteroatoms. The van der Waals surface area contributed by atoms with E-state index in [2.05, 4.69) is 0 Å². The molecular formula is C11H17NO4. The summed E-state index contributed by atoms with van der Waals surface area (Å²) in [5, 5.41) is 9.02. The lowest BCUT2D eigenvalue weighted by atomic mass is 10.0. The van der Waals surface area contributed by atoms with Crippen molar-refractivity contribution in [2.24, 2.45) is 11.8 Å². The van der Waals surface area contributed by atoms with Gasteiger partial charge in [-0.25, -0.2) is 4.79 Å². The van der Waals surface area contributed by atoms with Gasteiger partial charge < -0.3 is 14.7 Å². The van der Waals surface area contributed by atoms with Crippen LogP contribution in [-0.2, 0) is 14.3 Å². The average Bonchev–Trinajstić information content (AvgIpc) is 3.11. The lowest BCUT2D eigenvalue weighted by molar-refractivity contribution is -0.160. The van der Waals surface area contributed by atoms with Crippen LogP contribution in [0.3, 0.4) is 0 Å². The first kappa shape index (κ1) is 11.4. The van der Waals surface area contributed by atoms with Gasteiger partial charge in [0.15, 0.2) is 6.04 Å². The highest BCUT2D eigenvalue weighted by Gasteiger charge is 2.39. The third-order valence-corrected chi connectivity index (χ3v) is 3.42. The SMILES string of the molecule is CC(C(=O)N1CCOCC1C(=O)O)C1CC1. The molecule has 1 amide bonds. The van der Waals surface area contributed by atoms with E-state index in [-0.39, 0.29) is 18.4 Å². The molecule has 5 nitrogen and oxygen atoms in total. The second-order valence-electron chi connectivity index (χ2n) is 4.59. The molecule has 2 unspecified atom stereocenters. The van der Waals surface area contributed by atoms with Crippen molar-refractivity contribution in [2.45, 2.75) is 25.8 Å². The zero-order chi connectivity index (χ0) is 11.7. The van der Waals surface area contributed by atoms with Crippen LogP contribution in [0, 0.1) is 11.8 Å². The number of carbonyl (C=O) groups excluding carboxylic acids is 1. The molecule has 0 spiro atoms. The number of nitrogens with zero attached hydrogens (tertiary/aromatic N) is 1. The van der Waals surface area contributed by atoms with Crippen LogP contribution in [0.2, 0.25) is 0 Å². The van der Waals surface area contributed by atoms with Gasteiger partial charge in [-0.2, -0.15) is 0 Å². The van der Waals surface area contributed by atoms with Crippen molar-refractivity contribution in [1.29, 1.82) is 0 Å². The van der Waals surface area contributed by atoms with Crippen LogP contribution in [-0.4, -0.2) is 47.7 Å². The molecule has 0 aromatic rings. The van der Waals surface area contributed by atoms with E-state index in [9.17, 15) is 9.59 Å². The number of morpholine rings is 1. The van der Waals surface area contributed by atoms with Crippen LogP contribution in [0.4, 0.5) is 0 Å². The number of aliphatic carboxylic acids is 1. The molecule has 2 aliphatic rings. The minimum atomic E-state index is -0.976. The van der Waals surface area contributed by atoms with E-state index in [1.54, 1.807) is 0 Å². The van der Waals surface area contributed by atoms with Crippen molar-refractivity contribution >= 4 is 11.9 Å². The van der Waals surface area contributed by atoms with Crippen LogP contribution in [0.25, 0.3) is 0 Å². The summed E-state index contributed by atoms with van der Waals surface area (Å²) in [5.41, 5.74) is 0. The zero-order valence-electron chi connectivity index (χ0n) is 9.39. The predicted molar refractivity (Wildman–Crippen MR) is 55.8 cm³/mol. The summed E-state index contributed by atoms with van der Waals surface area (Å²) in [4.78, 5) is 24.6. The van der Waals surface area contributed by atoms with E-state index >= 15 is 0 Å². The van der Waals surface area contributed by atoms with Crippen molar-refractivity contribution in [3.05, 3.63) is 0 Å². The minimum Gasteiger partial charge on any atom is -0.480 e. The number of ether oxygens (including phenoxy) is 1. The van der Waals surface area contributed by atoms with Gasteiger partial charge in [0, 0.05) is 12.5 Å². The molecular weight excluding hydrogens is 210 g/mol. The Morgan fingerprint density at radius 3 is 2.69 bits per heavy atom. The van der Waals surface area contributed by atoms with E-state index < -0.39 is 12.0 Å². The normalized spacial score (nSPS) is 27.6. The number of carboxylic acids is 1. The van der Waals surface area contributed by atoms with Crippen molar-refractivity contribution in [2.75, 3.05) is 19.8 Å². The van der Waals surface area contributed by atoms with Crippen LogP contribution >= 0.6 is 0 Å². The molecule has 1 heterocycles. The number of hydrogen-bond donors (Lipinski definition) is 1. The Morgan fingerprint density at radius 1 is 1.44 bits per heavy atom. The predicted octanol–water partition coefficient (Wildman–Crippen LogP) is 0.344. The Balaban J connectivity index is 2.03. The molecule has 0 bridgehead atoms. The number of carboxylic acid groups (broad SMARTS) is 1. The first-order valence-electron chi connectivity index (χ1n) is 5.72. The molecule has 0 radical (unpaired) electrons.